The molecule has 2 aromatic carbocycles. The van der Waals surface area contributed by atoms with Gasteiger partial charge in [0.05, 0.1) is 25.3 Å². The fourth-order valence-electron chi connectivity index (χ4n) is 8.83. The lowest BCUT2D eigenvalue weighted by Gasteiger charge is -2.36. The van der Waals surface area contributed by atoms with Crippen molar-refractivity contribution in [3.8, 4) is 0 Å². The van der Waals surface area contributed by atoms with E-state index in [1.165, 1.54) is 39.0 Å². The molecule has 0 unspecified atom stereocenters. The summed E-state index contributed by atoms with van der Waals surface area (Å²) in [6.07, 6.45) is -0.168. The summed E-state index contributed by atoms with van der Waals surface area (Å²) in [6, 6.07) is 4.47. The maximum absolute atomic E-state index is 14.7. The summed E-state index contributed by atoms with van der Waals surface area (Å²) in [5.74, 6) is -4.76. The molecule has 0 bridgehead atoms. The van der Waals surface area contributed by atoms with Crippen molar-refractivity contribution in [2.75, 3.05) is 51.1 Å². The molecule has 1 saturated carbocycles. The fourth-order valence-corrected chi connectivity index (χ4v) is 10.1. The molecule has 7 rings (SSSR count). The highest BCUT2D eigenvalue weighted by Crippen LogP contribution is 2.45. The first-order valence-electron chi connectivity index (χ1n) is 21.2. The lowest BCUT2D eigenvalue weighted by molar-refractivity contribution is -0.141. The minimum Gasteiger partial charge on any atom is -0.444 e. The van der Waals surface area contributed by atoms with Crippen LogP contribution in [-0.4, -0.2) is 134 Å². The van der Waals surface area contributed by atoms with Crippen LogP contribution in [-0.2, 0) is 42.2 Å². The molecular weight excluding hydrogens is 853 g/mol. The van der Waals surface area contributed by atoms with Gasteiger partial charge in [-0.3, -0.25) is 24.2 Å². The molecule has 5 atom stereocenters. The number of ether oxygens (including phenoxy) is 1. The largest absolute Gasteiger partial charge is 0.444 e. The first-order valence-corrected chi connectivity index (χ1v) is 22.7. The molecule has 5 aliphatic rings. The van der Waals surface area contributed by atoms with Crippen LogP contribution in [0.5, 0.6) is 0 Å². The number of carbonyl (C=O) groups excluding carboxylic acids is 5. The lowest BCUT2D eigenvalue weighted by atomic mass is 10.0. The number of sulfonamides is 1. The van der Waals surface area contributed by atoms with Crippen LogP contribution in [0.1, 0.15) is 62.5 Å². The van der Waals surface area contributed by atoms with Crippen LogP contribution in [0.25, 0.3) is 0 Å². The minimum atomic E-state index is -4.72. The van der Waals surface area contributed by atoms with E-state index in [1.54, 1.807) is 11.0 Å². The van der Waals surface area contributed by atoms with Crippen molar-refractivity contribution in [3.05, 3.63) is 71.8 Å². The Kier molecular flexibility index (Phi) is 13.8. The average molecular weight is 905 g/mol. The molecule has 0 aromatic heterocycles. The monoisotopic (exact) mass is 904 g/mol. The summed E-state index contributed by atoms with van der Waals surface area (Å²) in [4.78, 5) is 75.3. The van der Waals surface area contributed by atoms with Gasteiger partial charge in [-0.15, -0.1) is 6.58 Å². The van der Waals surface area contributed by atoms with E-state index in [2.05, 4.69) is 22.5 Å². The zero-order valence-corrected chi connectivity index (χ0v) is 35.4. The quantitative estimate of drug-likeness (QED) is 0.255. The van der Waals surface area contributed by atoms with Crippen LogP contribution < -0.4 is 20.7 Å². The molecule has 4 heterocycles. The summed E-state index contributed by atoms with van der Waals surface area (Å²) in [6.45, 7) is 3.97. The molecule has 63 heavy (non-hydrogen) atoms. The van der Waals surface area contributed by atoms with Crippen LogP contribution in [0.4, 0.5) is 32.8 Å². The summed E-state index contributed by atoms with van der Waals surface area (Å²) < 4.78 is 90.4. The van der Waals surface area contributed by atoms with Crippen molar-refractivity contribution in [2.45, 2.75) is 99.5 Å². The van der Waals surface area contributed by atoms with Gasteiger partial charge in [-0.25, -0.2) is 40.3 Å². The van der Waals surface area contributed by atoms with Crippen LogP contribution >= 0.6 is 0 Å². The number of alkyl halides is 2. The molecule has 2 aromatic rings. The number of fused-ring (bicyclic) bond motifs is 3. The summed E-state index contributed by atoms with van der Waals surface area (Å²) in [7, 11) is -4.72. The molecule has 21 heteroatoms. The Labute approximate surface area is 362 Å². The SMILES string of the molecule is C=C[C@@H]1C[C@@]12NC(=O)[C@@H]1C[C@@H](OC(=O)N3Cc4cccc(F)c4C3)CN1C(=O)[C@@H](NC(=O)N1CCN(CC(F)F)CC1)CCCCCCCNc1ccc(F)cc1S(=O)(=O)NC2=O. The van der Waals surface area contributed by atoms with Gasteiger partial charge in [0, 0.05) is 57.2 Å². The Morgan fingerprint density at radius 3 is 2.44 bits per heavy atom. The Balaban J connectivity index is 1.16. The number of rotatable bonds is 5. The number of hydrogen-bond acceptors (Lipinski definition) is 10. The van der Waals surface area contributed by atoms with Crippen LogP contribution in [0.15, 0.2) is 53.9 Å². The minimum absolute atomic E-state index is 0.0619. The van der Waals surface area contributed by atoms with Gasteiger partial charge in [-0.1, -0.05) is 43.9 Å². The van der Waals surface area contributed by atoms with Gasteiger partial charge < -0.3 is 30.5 Å². The zero-order chi connectivity index (χ0) is 45.1. The van der Waals surface area contributed by atoms with Gasteiger partial charge >= 0.3 is 12.1 Å². The smallest absolute Gasteiger partial charge is 0.410 e. The molecular formula is C42H52F4N8O8S. The van der Waals surface area contributed by atoms with Crippen molar-refractivity contribution in [1.29, 1.82) is 0 Å². The van der Waals surface area contributed by atoms with Crippen LogP contribution in [0.2, 0.25) is 0 Å². The number of carbonyl (C=O) groups is 5. The topological polar surface area (TPSA) is 190 Å². The summed E-state index contributed by atoms with van der Waals surface area (Å²) in [5, 5.41) is 8.48. The van der Waals surface area contributed by atoms with Crippen molar-refractivity contribution in [1.82, 2.24) is 35.0 Å². The number of urea groups is 1. The van der Waals surface area contributed by atoms with Gasteiger partial charge in [0.15, 0.2) is 0 Å². The standard InChI is InChI=1S/C42H52F4N8O8S/c1-2-27-21-42(27)39(57)50-63(60,61)35-19-28(43)12-13-32(35)47-14-7-5-3-4-6-11-33(48-40(58)52-17-15-51(16-18-52)25-36(45)46)38(56)54-23-29(20-34(54)37(55)49-42)62-41(59)53-22-26-9-8-10-31(44)30(26)24-53/h2,8-10,12-13,19,27,29,33-34,36,47H,1,3-7,11,14-18,20-25H2,(H,48,58)(H,49,55)(H,50,57)/t27-,29-,33+,34+,42-/m1/s1. The van der Waals surface area contributed by atoms with E-state index in [0.717, 1.165) is 12.1 Å². The lowest BCUT2D eigenvalue weighted by Crippen LogP contribution is -2.59. The van der Waals surface area contributed by atoms with E-state index >= 15 is 0 Å². The number of nitrogens with zero attached hydrogens (tertiary/aromatic N) is 4. The van der Waals surface area contributed by atoms with Crippen molar-refractivity contribution in [3.63, 3.8) is 0 Å². The van der Waals surface area contributed by atoms with E-state index in [1.807, 2.05) is 4.72 Å². The number of piperazine rings is 1. The first kappa shape index (κ1) is 45.6. The molecule has 6 amide bonds. The molecule has 16 nitrogen and oxygen atoms in total. The maximum atomic E-state index is 14.7. The van der Waals surface area contributed by atoms with E-state index in [4.69, 9.17) is 4.74 Å². The first-order chi connectivity index (χ1) is 30.1. The van der Waals surface area contributed by atoms with Crippen LogP contribution in [0, 0.1) is 17.6 Å². The van der Waals surface area contributed by atoms with Gasteiger partial charge in [0.2, 0.25) is 11.8 Å². The molecule has 3 fully saturated rings. The molecule has 1 aliphatic carbocycles. The third kappa shape index (κ3) is 10.3. The van der Waals surface area contributed by atoms with E-state index in [9.17, 15) is 50.0 Å². The molecule has 342 valence electrons. The van der Waals surface area contributed by atoms with Gasteiger partial charge in [0.25, 0.3) is 22.4 Å². The highest BCUT2D eigenvalue weighted by molar-refractivity contribution is 7.90. The number of benzene rings is 2. The number of hydrogen-bond donors (Lipinski definition) is 4. The zero-order valence-electron chi connectivity index (χ0n) is 34.6. The molecule has 1 spiro atoms. The highest BCUT2D eigenvalue weighted by Gasteiger charge is 2.61. The van der Waals surface area contributed by atoms with Crippen molar-refractivity contribution >= 4 is 45.6 Å². The highest BCUT2D eigenvalue weighted by atomic mass is 32.2. The molecule has 4 N–H and O–H groups in total. The second-order valence-corrected chi connectivity index (χ2v) is 18.4. The third-order valence-electron chi connectivity index (χ3n) is 12.4. The Morgan fingerprint density at radius 1 is 0.984 bits per heavy atom. The summed E-state index contributed by atoms with van der Waals surface area (Å²) >= 11 is 0. The number of halogens is 4. The van der Waals surface area contributed by atoms with Gasteiger partial charge in [0.1, 0.15) is 40.3 Å². The van der Waals surface area contributed by atoms with Gasteiger partial charge in [-0.05, 0) is 49.1 Å². The number of amides is 6. The van der Waals surface area contributed by atoms with Crippen LogP contribution in [0.3, 0.4) is 0 Å². The predicted octanol–water partition coefficient (Wildman–Crippen LogP) is 3.68. The normalized spacial score (nSPS) is 27.1. The second-order valence-electron chi connectivity index (χ2n) is 16.7. The molecule has 4 aliphatic heterocycles. The van der Waals surface area contributed by atoms with Gasteiger partial charge in [-0.2, -0.15) is 0 Å². The maximum Gasteiger partial charge on any atom is 0.410 e. The number of anilines is 1. The fraction of sp³-hybridized carbons (Fsp3) is 0.548. The molecule has 0 radical (unpaired) electrons. The third-order valence-corrected chi connectivity index (χ3v) is 13.8. The second kappa shape index (κ2) is 19.1. The molecule has 2 saturated heterocycles. The average Bonchev–Trinajstić information content (AvgIpc) is 3.52. The van der Waals surface area contributed by atoms with Crippen molar-refractivity contribution < 1.29 is 54.7 Å². The Hall–Kier alpha value is -5.44. The van der Waals surface area contributed by atoms with E-state index in [-0.39, 0.29) is 70.8 Å². The van der Waals surface area contributed by atoms with E-state index < -0.39 is 99.0 Å². The number of nitrogens with one attached hydrogen (secondary N) is 4. The Bertz CT molecular complexity index is 2210. The predicted molar refractivity (Wildman–Crippen MR) is 219 cm³/mol. The summed E-state index contributed by atoms with van der Waals surface area (Å²) in [5.41, 5.74) is -0.845. The van der Waals surface area contributed by atoms with E-state index in [0.29, 0.717) is 49.8 Å². The van der Waals surface area contributed by atoms with Crippen molar-refractivity contribution in [2.24, 2.45) is 5.92 Å². The Morgan fingerprint density at radius 2 is 1.73 bits per heavy atom.